The first-order chi connectivity index (χ1) is 13.5. The van der Waals surface area contributed by atoms with E-state index in [9.17, 15) is 4.79 Å². The molecule has 0 spiro atoms. The van der Waals surface area contributed by atoms with Crippen molar-refractivity contribution in [3.8, 4) is 11.5 Å². The summed E-state index contributed by atoms with van der Waals surface area (Å²) in [5.41, 5.74) is 2.23. The second-order valence-electron chi connectivity index (χ2n) is 5.95. The maximum absolute atomic E-state index is 12.9. The van der Waals surface area contributed by atoms with Crippen LogP contribution in [0.25, 0.3) is 6.08 Å². The monoisotopic (exact) mass is 416 g/mol. The van der Waals surface area contributed by atoms with Gasteiger partial charge in [0.1, 0.15) is 6.61 Å². The second kappa shape index (κ2) is 8.50. The van der Waals surface area contributed by atoms with Gasteiger partial charge in [0.05, 0.1) is 34.1 Å². The molecule has 2 aromatic carbocycles. The summed E-state index contributed by atoms with van der Waals surface area (Å²) in [6.07, 6.45) is 3.33. The third-order valence-electron chi connectivity index (χ3n) is 4.05. The van der Waals surface area contributed by atoms with E-state index in [1.807, 2.05) is 0 Å². The number of hydrogen-bond acceptors (Lipinski definition) is 4. The summed E-state index contributed by atoms with van der Waals surface area (Å²) in [7, 11) is 1.52. The first-order valence-electron chi connectivity index (χ1n) is 8.43. The van der Waals surface area contributed by atoms with Gasteiger partial charge >= 0.3 is 0 Å². The van der Waals surface area contributed by atoms with Gasteiger partial charge in [-0.3, -0.25) is 4.79 Å². The number of carbonyl (C=O) groups is 1. The van der Waals surface area contributed by atoms with E-state index in [1.54, 1.807) is 55.5 Å². The predicted octanol–water partition coefficient (Wildman–Crippen LogP) is 5.37. The highest BCUT2D eigenvalue weighted by atomic mass is 35.5. The number of para-hydroxylation sites is 1. The van der Waals surface area contributed by atoms with E-state index in [-0.39, 0.29) is 5.91 Å². The minimum atomic E-state index is -0.271. The molecule has 1 amide bonds. The molecule has 0 unspecified atom stereocenters. The molecule has 0 aliphatic carbocycles. The summed E-state index contributed by atoms with van der Waals surface area (Å²) < 4.78 is 10.9. The van der Waals surface area contributed by atoms with E-state index < -0.39 is 0 Å². The largest absolute Gasteiger partial charge is 0.493 e. The zero-order chi connectivity index (χ0) is 20.3. The molecule has 0 fully saturated rings. The summed E-state index contributed by atoms with van der Waals surface area (Å²) in [6, 6.07) is 10.5. The van der Waals surface area contributed by atoms with Crippen molar-refractivity contribution in [1.82, 2.24) is 0 Å². The second-order valence-corrected chi connectivity index (χ2v) is 6.76. The fourth-order valence-electron chi connectivity index (χ4n) is 2.74. The Balaban J connectivity index is 1.97. The van der Waals surface area contributed by atoms with Crippen LogP contribution in [0.4, 0.5) is 5.69 Å². The van der Waals surface area contributed by atoms with Crippen LogP contribution in [0.15, 0.2) is 59.7 Å². The van der Waals surface area contributed by atoms with Crippen LogP contribution >= 0.6 is 23.2 Å². The molecule has 3 rings (SSSR count). The standard InChI is InChI=1S/C21H18Cl2N2O3/c1-4-9-28-20-17(23)11-14(12-19(20)27-3)10-15-13(2)24-25(21(15)26)18-8-6-5-7-16(18)22/h4-8,10-12H,1,9H2,2-3H3/b15-10-. The molecular formula is C21H18Cl2N2O3. The number of carbonyl (C=O) groups excluding carboxylic acids is 1. The van der Waals surface area contributed by atoms with E-state index in [4.69, 9.17) is 32.7 Å². The first-order valence-corrected chi connectivity index (χ1v) is 9.19. The topological polar surface area (TPSA) is 51.1 Å². The lowest BCUT2D eigenvalue weighted by atomic mass is 10.1. The zero-order valence-electron chi connectivity index (χ0n) is 15.4. The smallest absolute Gasteiger partial charge is 0.280 e. The molecule has 144 valence electrons. The molecule has 0 saturated heterocycles. The highest BCUT2D eigenvalue weighted by Gasteiger charge is 2.30. The average Bonchev–Trinajstić information content (AvgIpc) is 2.95. The average molecular weight is 417 g/mol. The number of halogens is 2. The van der Waals surface area contributed by atoms with Crippen LogP contribution in [0.1, 0.15) is 12.5 Å². The van der Waals surface area contributed by atoms with E-state index in [1.165, 1.54) is 12.1 Å². The minimum absolute atomic E-state index is 0.271. The van der Waals surface area contributed by atoms with Crippen molar-refractivity contribution < 1.29 is 14.3 Å². The van der Waals surface area contributed by atoms with Crippen LogP contribution < -0.4 is 14.5 Å². The van der Waals surface area contributed by atoms with Gasteiger partial charge in [-0.25, -0.2) is 0 Å². The lowest BCUT2D eigenvalue weighted by molar-refractivity contribution is -0.114. The fourth-order valence-corrected chi connectivity index (χ4v) is 3.23. The maximum Gasteiger partial charge on any atom is 0.280 e. The Kier molecular flexibility index (Phi) is 6.07. The quantitative estimate of drug-likeness (QED) is 0.469. The van der Waals surface area contributed by atoms with Crippen molar-refractivity contribution in [1.29, 1.82) is 0 Å². The molecule has 0 aromatic heterocycles. The summed E-state index contributed by atoms with van der Waals surface area (Å²) in [6.45, 7) is 5.68. The molecule has 7 heteroatoms. The van der Waals surface area contributed by atoms with Crippen molar-refractivity contribution in [3.63, 3.8) is 0 Å². The van der Waals surface area contributed by atoms with Gasteiger partial charge < -0.3 is 9.47 Å². The Morgan fingerprint density at radius 1 is 1.21 bits per heavy atom. The number of ether oxygens (including phenoxy) is 2. The normalized spacial score (nSPS) is 15.0. The number of anilines is 1. The lowest BCUT2D eigenvalue weighted by Gasteiger charge is -2.13. The SMILES string of the molecule is C=CCOc1c(Cl)cc(/C=C2\C(=O)N(c3ccccc3Cl)N=C2C)cc1OC. The number of rotatable bonds is 6. The molecule has 28 heavy (non-hydrogen) atoms. The van der Waals surface area contributed by atoms with E-state index in [2.05, 4.69) is 11.7 Å². The predicted molar refractivity (Wildman–Crippen MR) is 114 cm³/mol. The van der Waals surface area contributed by atoms with Crippen molar-refractivity contribution >= 4 is 46.6 Å². The van der Waals surface area contributed by atoms with Gasteiger partial charge in [0.2, 0.25) is 0 Å². The molecule has 1 aliphatic rings. The van der Waals surface area contributed by atoms with Crippen LogP contribution in [0.2, 0.25) is 10.0 Å². The number of methoxy groups -OCH3 is 1. The third kappa shape index (κ3) is 3.91. The fraction of sp³-hybridized carbons (Fsp3) is 0.143. The van der Waals surface area contributed by atoms with Crippen molar-refractivity contribution in [3.05, 3.63) is 70.2 Å². The van der Waals surface area contributed by atoms with Crippen LogP contribution in [-0.4, -0.2) is 25.3 Å². The van der Waals surface area contributed by atoms with E-state index in [0.717, 1.165) is 0 Å². The third-order valence-corrected chi connectivity index (χ3v) is 4.65. The van der Waals surface area contributed by atoms with Gasteiger partial charge in [0, 0.05) is 0 Å². The van der Waals surface area contributed by atoms with Crippen LogP contribution in [0.5, 0.6) is 11.5 Å². The Morgan fingerprint density at radius 2 is 1.96 bits per heavy atom. The Hall–Kier alpha value is -2.76. The minimum Gasteiger partial charge on any atom is -0.493 e. The molecule has 5 nitrogen and oxygen atoms in total. The molecule has 0 N–H and O–H groups in total. The Bertz CT molecular complexity index is 999. The van der Waals surface area contributed by atoms with Crippen molar-refractivity contribution in [2.24, 2.45) is 5.10 Å². The van der Waals surface area contributed by atoms with Gasteiger partial charge in [0.25, 0.3) is 5.91 Å². The molecule has 0 atom stereocenters. The molecular weight excluding hydrogens is 399 g/mol. The van der Waals surface area contributed by atoms with Gasteiger partial charge in [-0.1, -0.05) is 48.0 Å². The molecule has 1 heterocycles. The number of nitrogens with zero attached hydrogens (tertiary/aromatic N) is 2. The molecule has 0 bridgehead atoms. The van der Waals surface area contributed by atoms with Crippen molar-refractivity contribution in [2.75, 3.05) is 18.7 Å². The zero-order valence-corrected chi connectivity index (χ0v) is 16.9. The number of hydrazone groups is 1. The number of benzene rings is 2. The van der Waals surface area contributed by atoms with Gasteiger partial charge in [0.15, 0.2) is 11.5 Å². The summed E-state index contributed by atoms with van der Waals surface area (Å²) in [5, 5.41) is 6.46. The molecule has 0 radical (unpaired) electrons. The lowest BCUT2D eigenvalue weighted by Crippen LogP contribution is -2.21. The summed E-state index contributed by atoms with van der Waals surface area (Å²) >= 11 is 12.5. The summed E-state index contributed by atoms with van der Waals surface area (Å²) in [4.78, 5) is 12.9. The van der Waals surface area contributed by atoms with Gasteiger partial charge in [-0.15, -0.1) is 0 Å². The Morgan fingerprint density at radius 3 is 2.64 bits per heavy atom. The highest BCUT2D eigenvalue weighted by molar-refractivity contribution is 6.37. The van der Waals surface area contributed by atoms with E-state index >= 15 is 0 Å². The van der Waals surface area contributed by atoms with Crippen molar-refractivity contribution in [2.45, 2.75) is 6.92 Å². The molecule has 1 aliphatic heterocycles. The number of hydrogen-bond donors (Lipinski definition) is 0. The van der Waals surface area contributed by atoms with E-state index in [0.29, 0.717) is 50.7 Å². The van der Waals surface area contributed by atoms with Gasteiger partial charge in [-0.2, -0.15) is 10.1 Å². The summed E-state index contributed by atoms with van der Waals surface area (Å²) in [5.74, 6) is 0.615. The number of amides is 1. The Labute approximate surface area is 173 Å². The van der Waals surface area contributed by atoms with Gasteiger partial charge in [-0.05, 0) is 42.8 Å². The highest BCUT2D eigenvalue weighted by Crippen LogP contribution is 2.38. The molecule has 2 aromatic rings. The molecule has 0 saturated carbocycles. The van der Waals surface area contributed by atoms with Crippen LogP contribution in [0, 0.1) is 0 Å². The maximum atomic E-state index is 12.9. The van der Waals surface area contributed by atoms with Crippen LogP contribution in [0.3, 0.4) is 0 Å². The first kappa shape index (κ1) is 20.0. The van der Waals surface area contributed by atoms with Crippen LogP contribution in [-0.2, 0) is 4.79 Å².